The lowest BCUT2D eigenvalue weighted by Gasteiger charge is -2.21. The highest BCUT2D eigenvalue weighted by Crippen LogP contribution is 2.34. The monoisotopic (exact) mass is 391 g/mol. The predicted molar refractivity (Wildman–Crippen MR) is 107 cm³/mol. The van der Waals surface area contributed by atoms with E-state index in [0.717, 1.165) is 24.0 Å². The minimum atomic E-state index is -0.445. The zero-order valence-corrected chi connectivity index (χ0v) is 17.0. The number of rotatable bonds is 10. The number of carbonyl (C=O) groups excluding carboxylic acids is 1. The molecule has 0 amide bonds. The number of hydrogen-bond donors (Lipinski definition) is 1. The lowest BCUT2D eigenvalue weighted by Crippen LogP contribution is -2.22. The maximum absolute atomic E-state index is 11.9. The molecular weight excluding hydrogens is 362 g/mol. The second-order valence-electron chi connectivity index (χ2n) is 6.66. The third-order valence-electron chi connectivity index (χ3n) is 4.81. The summed E-state index contributed by atoms with van der Waals surface area (Å²) in [5, 5.41) is 11.6. The van der Waals surface area contributed by atoms with Gasteiger partial charge in [-0.15, -0.1) is 0 Å². The van der Waals surface area contributed by atoms with E-state index >= 15 is 0 Å². The molecule has 0 spiro atoms. The summed E-state index contributed by atoms with van der Waals surface area (Å²) < 4.78 is 15.4. The number of phenolic OH excluding ortho intramolecular Hbond substituents is 1. The fourth-order valence-corrected chi connectivity index (χ4v) is 3.12. The highest BCUT2D eigenvalue weighted by molar-refractivity contribution is 5.86. The van der Waals surface area contributed by atoms with Crippen LogP contribution < -0.4 is 5.63 Å². The first-order chi connectivity index (χ1) is 13.4. The summed E-state index contributed by atoms with van der Waals surface area (Å²) in [4.78, 5) is 25.9. The quantitative estimate of drug-likeness (QED) is 0.378. The Hall–Kier alpha value is -2.38. The van der Waals surface area contributed by atoms with E-state index in [0.29, 0.717) is 36.3 Å². The topological polar surface area (TPSA) is 89.2 Å². The molecule has 0 unspecified atom stereocenters. The van der Waals surface area contributed by atoms with Crippen LogP contribution in [-0.2, 0) is 27.2 Å². The number of methoxy groups -OCH3 is 1. The van der Waals surface area contributed by atoms with Crippen LogP contribution in [0, 0.1) is 6.92 Å². The van der Waals surface area contributed by atoms with E-state index in [1.54, 1.807) is 13.2 Å². The molecule has 1 aromatic carbocycles. The van der Waals surface area contributed by atoms with E-state index in [1.807, 2.05) is 20.8 Å². The van der Waals surface area contributed by atoms with Crippen molar-refractivity contribution in [3.8, 4) is 5.75 Å². The van der Waals surface area contributed by atoms with E-state index in [1.165, 1.54) is 6.07 Å². The molecule has 0 radical (unpaired) electrons. The van der Waals surface area contributed by atoms with Crippen molar-refractivity contribution >= 4 is 16.9 Å². The van der Waals surface area contributed by atoms with Gasteiger partial charge in [0.2, 0.25) is 0 Å². The van der Waals surface area contributed by atoms with Crippen LogP contribution >= 0.6 is 0 Å². The van der Waals surface area contributed by atoms with E-state index in [-0.39, 0.29) is 24.7 Å². The molecule has 0 saturated heterocycles. The number of ether oxygens (including phenoxy) is 2. The Bertz CT molecular complexity index is 869. The normalized spacial score (nSPS) is 11.3. The number of esters is 1. The Morgan fingerprint density at radius 2 is 1.93 bits per heavy atom. The van der Waals surface area contributed by atoms with Crippen molar-refractivity contribution in [2.24, 2.45) is 0 Å². The van der Waals surface area contributed by atoms with Gasteiger partial charge in [-0.2, -0.15) is 0 Å². The first-order valence-corrected chi connectivity index (χ1v) is 9.56. The van der Waals surface area contributed by atoms with Crippen molar-refractivity contribution in [1.29, 1.82) is 0 Å². The number of nitrogens with zero attached hydrogens (tertiary/aromatic N) is 1. The lowest BCUT2D eigenvalue weighted by atomic mass is 9.98. The molecule has 0 aliphatic carbocycles. The van der Waals surface area contributed by atoms with Gasteiger partial charge >= 0.3 is 11.6 Å². The van der Waals surface area contributed by atoms with E-state index in [9.17, 15) is 14.7 Å². The molecule has 0 aliphatic heterocycles. The Labute approximate surface area is 164 Å². The van der Waals surface area contributed by atoms with Crippen molar-refractivity contribution in [2.75, 3.05) is 33.4 Å². The SMILES string of the molecule is CCN(CC)Cc1c(O)c(CCC(=O)OCCOC)cc2c(C)cc(=O)oc12. The number of carbonyl (C=O) groups is 1. The zero-order chi connectivity index (χ0) is 20.7. The molecule has 28 heavy (non-hydrogen) atoms. The molecule has 2 aromatic rings. The number of aromatic hydroxyl groups is 1. The molecule has 2 rings (SSSR count). The Morgan fingerprint density at radius 3 is 2.57 bits per heavy atom. The minimum Gasteiger partial charge on any atom is -0.507 e. The zero-order valence-electron chi connectivity index (χ0n) is 17.0. The van der Waals surface area contributed by atoms with Gasteiger partial charge in [0.25, 0.3) is 0 Å². The number of hydrogen-bond acceptors (Lipinski definition) is 7. The standard InChI is InChI=1S/C21H29NO6/c1-5-22(6-2)13-17-20(25)15(7-8-18(23)27-10-9-26-4)12-16-14(3)11-19(24)28-21(16)17/h11-12,25H,5-10,13H2,1-4H3. The van der Waals surface area contributed by atoms with Crippen LogP contribution in [0.15, 0.2) is 21.3 Å². The maximum atomic E-state index is 11.9. The fraction of sp³-hybridized carbons (Fsp3) is 0.524. The van der Waals surface area contributed by atoms with Gasteiger partial charge in [-0.1, -0.05) is 13.8 Å². The van der Waals surface area contributed by atoms with Crippen molar-refractivity contribution in [3.05, 3.63) is 39.2 Å². The lowest BCUT2D eigenvalue weighted by molar-refractivity contribution is -0.144. The molecule has 1 aromatic heterocycles. The number of aryl methyl sites for hydroxylation is 2. The molecule has 7 heteroatoms. The summed E-state index contributed by atoms with van der Waals surface area (Å²) in [6, 6.07) is 3.22. The molecule has 0 atom stereocenters. The molecule has 0 aliphatic rings. The fourth-order valence-electron chi connectivity index (χ4n) is 3.12. The molecule has 1 heterocycles. The average Bonchev–Trinajstić information content (AvgIpc) is 2.66. The summed E-state index contributed by atoms with van der Waals surface area (Å²) >= 11 is 0. The average molecular weight is 391 g/mol. The molecule has 0 saturated carbocycles. The van der Waals surface area contributed by atoms with Crippen molar-refractivity contribution in [1.82, 2.24) is 4.90 Å². The smallest absolute Gasteiger partial charge is 0.336 e. The van der Waals surface area contributed by atoms with Crippen LogP contribution in [-0.4, -0.2) is 49.4 Å². The van der Waals surface area contributed by atoms with Gasteiger partial charge in [-0.3, -0.25) is 9.69 Å². The summed E-state index contributed by atoms with van der Waals surface area (Å²) in [6.07, 6.45) is 0.473. The van der Waals surface area contributed by atoms with Gasteiger partial charge in [0.15, 0.2) is 0 Å². The first kappa shape index (κ1) is 21.9. The molecule has 154 valence electrons. The Morgan fingerprint density at radius 1 is 1.21 bits per heavy atom. The second kappa shape index (κ2) is 10.2. The van der Waals surface area contributed by atoms with Crippen LogP contribution in [0.4, 0.5) is 0 Å². The Balaban J connectivity index is 2.39. The third-order valence-corrected chi connectivity index (χ3v) is 4.81. The van der Waals surface area contributed by atoms with Gasteiger partial charge in [-0.05, 0) is 43.6 Å². The molecule has 0 fully saturated rings. The minimum absolute atomic E-state index is 0.0674. The van der Waals surface area contributed by atoms with Gasteiger partial charge in [0.1, 0.15) is 17.9 Å². The van der Waals surface area contributed by atoms with E-state index in [4.69, 9.17) is 13.9 Å². The van der Waals surface area contributed by atoms with Gasteiger partial charge in [0, 0.05) is 31.5 Å². The highest BCUT2D eigenvalue weighted by atomic mass is 16.6. The van der Waals surface area contributed by atoms with Crippen LogP contribution in [0.25, 0.3) is 11.0 Å². The maximum Gasteiger partial charge on any atom is 0.336 e. The Kier molecular flexibility index (Phi) is 8.02. The summed E-state index contributed by atoms with van der Waals surface area (Å²) in [5.74, 6) is -0.281. The second-order valence-corrected chi connectivity index (χ2v) is 6.66. The highest BCUT2D eigenvalue weighted by Gasteiger charge is 2.19. The largest absolute Gasteiger partial charge is 0.507 e. The summed E-state index contributed by atoms with van der Waals surface area (Å²) in [7, 11) is 1.54. The van der Waals surface area contributed by atoms with Gasteiger partial charge in [-0.25, -0.2) is 4.79 Å². The van der Waals surface area contributed by atoms with Crippen LogP contribution in [0.2, 0.25) is 0 Å². The molecule has 7 nitrogen and oxygen atoms in total. The summed E-state index contributed by atoms with van der Waals surface area (Å²) in [6.45, 7) is 8.49. The first-order valence-electron chi connectivity index (χ1n) is 9.56. The van der Waals surface area contributed by atoms with Gasteiger partial charge < -0.3 is 19.0 Å². The van der Waals surface area contributed by atoms with E-state index in [2.05, 4.69) is 4.90 Å². The van der Waals surface area contributed by atoms with Gasteiger partial charge in [0.05, 0.1) is 12.2 Å². The number of phenols is 1. The number of fused-ring (bicyclic) bond motifs is 1. The molecule has 1 N–H and O–H groups in total. The van der Waals surface area contributed by atoms with Crippen molar-refractivity contribution < 1.29 is 23.8 Å². The molecular formula is C21H29NO6. The van der Waals surface area contributed by atoms with Crippen molar-refractivity contribution in [2.45, 2.75) is 40.2 Å². The summed E-state index contributed by atoms with van der Waals surface area (Å²) in [5.41, 5.74) is 1.94. The van der Waals surface area contributed by atoms with Crippen LogP contribution in [0.5, 0.6) is 5.75 Å². The van der Waals surface area contributed by atoms with Crippen LogP contribution in [0.1, 0.15) is 37.0 Å². The van der Waals surface area contributed by atoms with Crippen molar-refractivity contribution in [3.63, 3.8) is 0 Å². The molecule has 0 bridgehead atoms. The van der Waals surface area contributed by atoms with Crippen LogP contribution in [0.3, 0.4) is 0 Å². The number of benzene rings is 1. The third kappa shape index (κ3) is 5.33. The van der Waals surface area contributed by atoms with E-state index < -0.39 is 5.63 Å². The predicted octanol–water partition coefficient (Wildman–Crippen LogP) is 2.77.